The van der Waals surface area contributed by atoms with E-state index in [9.17, 15) is 8.42 Å². The molecule has 128 valence electrons. The van der Waals surface area contributed by atoms with Gasteiger partial charge in [0.05, 0.1) is 4.90 Å². The van der Waals surface area contributed by atoms with Crippen LogP contribution in [0.15, 0.2) is 59.5 Å². The van der Waals surface area contributed by atoms with Crippen molar-refractivity contribution in [2.24, 2.45) is 0 Å². The van der Waals surface area contributed by atoms with Crippen LogP contribution in [0.5, 0.6) is 0 Å². The molecular weight excluding hydrogens is 435 g/mol. The normalized spacial score (nSPS) is 18.2. The Morgan fingerprint density at radius 2 is 1.79 bits per heavy atom. The second-order valence-corrected chi connectivity index (χ2v) is 9.21. The molecule has 0 aliphatic carbocycles. The van der Waals surface area contributed by atoms with Crippen LogP contribution in [0.4, 0.5) is 0 Å². The second kappa shape index (κ2) is 7.95. The van der Waals surface area contributed by atoms with Crippen LogP contribution in [0, 0.1) is 3.57 Å². The van der Waals surface area contributed by atoms with Crippen LogP contribution in [-0.2, 0) is 16.6 Å². The lowest BCUT2D eigenvalue weighted by Gasteiger charge is -2.25. The van der Waals surface area contributed by atoms with Gasteiger partial charge in [-0.25, -0.2) is 8.42 Å². The molecule has 1 fully saturated rings. The zero-order chi connectivity index (χ0) is 17.0. The van der Waals surface area contributed by atoms with Crippen LogP contribution in [0.3, 0.4) is 0 Å². The van der Waals surface area contributed by atoms with Crippen LogP contribution in [0.2, 0.25) is 0 Å². The highest BCUT2D eigenvalue weighted by Crippen LogP contribution is 2.21. The van der Waals surface area contributed by atoms with Crippen LogP contribution in [-0.4, -0.2) is 31.9 Å². The summed E-state index contributed by atoms with van der Waals surface area (Å²) in [5.74, 6) is 0. The Morgan fingerprint density at radius 3 is 2.42 bits per heavy atom. The van der Waals surface area contributed by atoms with E-state index in [0.717, 1.165) is 28.5 Å². The first-order chi connectivity index (χ1) is 11.6. The molecule has 1 aliphatic heterocycles. The number of rotatable bonds is 6. The van der Waals surface area contributed by atoms with Crippen molar-refractivity contribution in [3.05, 3.63) is 63.7 Å². The lowest BCUT2D eigenvalue weighted by molar-refractivity contribution is 0.365. The van der Waals surface area contributed by atoms with Crippen molar-refractivity contribution in [1.82, 2.24) is 9.62 Å². The van der Waals surface area contributed by atoms with E-state index < -0.39 is 10.0 Å². The number of halogens is 1. The Hall–Kier alpha value is -0.960. The molecule has 0 saturated carbocycles. The third-order valence-electron chi connectivity index (χ3n) is 4.24. The molecule has 0 spiro atoms. The van der Waals surface area contributed by atoms with Crippen LogP contribution >= 0.6 is 22.6 Å². The zero-order valence-electron chi connectivity index (χ0n) is 13.4. The van der Waals surface area contributed by atoms with Gasteiger partial charge in [0.15, 0.2) is 0 Å². The second-order valence-electron chi connectivity index (χ2n) is 6.03. The van der Waals surface area contributed by atoms with Gasteiger partial charge < -0.3 is 5.32 Å². The van der Waals surface area contributed by atoms with E-state index in [4.69, 9.17) is 0 Å². The number of nitrogens with one attached hydrogen (secondary N) is 1. The Morgan fingerprint density at radius 1 is 1.08 bits per heavy atom. The summed E-state index contributed by atoms with van der Waals surface area (Å²) in [5, 5.41) is 3.40. The molecule has 0 aromatic heterocycles. The minimum Gasteiger partial charge on any atom is -0.313 e. The quantitative estimate of drug-likeness (QED) is 0.680. The molecule has 2 aromatic carbocycles. The lowest BCUT2D eigenvalue weighted by Crippen LogP contribution is -2.40. The van der Waals surface area contributed by atoms with E-state index in [2.05, 4.69) is 27.9 Å². The molecule has 2 aromatic rings. The molecule has 0 bridgehead atoms. The third kappa shape index (κ3) is 4.36. The van der Waals surface area contributed by atoms with Gasteiger partial charge in [0.25, 0.3) is 0 Å². The number of hydrogen-bond acceptors (Lipinski definition) is 3. The van der Waals surface area contributed by atoms with E-state index in [1.807, 2.05) is 42.5 Å². The highest BCUT2D eigenvalue weighted by molar-refractivity contribution is 14.1. The molecule has 0 radical (unpaired) electrons. The topological polar surface area (TPSA) is 49.4 Å². The number of benzene rings is 2. The van der Waals surface area contributed by atoms with E-state index in [0.29, 0.717) is 18.0 Å². The summed E-state index contributed by atoms with van der Waals surface area (Å²) in [7, 11) is -3.51. The molecule has 0 amide bonds. The van der Waals surface area contributed by atoms with Gasteiger partial charge in [-0.3, -0.25) is 0 Å². The summed E-state index contributed by atoms with van der Waals surface area (Å²) in [4.78, 5) is 0.358. The highest BCUT2D eigenvalue weighted by atomic mass is 127. The fourth-order valence-electron chi connectivity index (χ4n) is 2.95. The molecule has 1 saturated heterocycles. The van der Waals surface area contributed by atoms with Gasteiger partial charge in [0.1, 0.15) is 0 Å². The van der Waals surface area contributed by atoms with Crippen LogP contribution < -0.4 is 5.32 Å². The summed E-state index contributed by atoms with van der Waals surface area (Å²) in [6.45, 7) is 1.87. The Bertz CT molecular complexity index is 757. The third-order valence-corrected chi connectivity index (χ3v) is 6.78. The molecule has 4 nitrogen and oxygen atoms in total. The van der Waals surface area contributed by atoms with Crippen molar-refractivity contribution >= 4 is 32.6 Å². The summed E-state index contributed by atoms with van der Waals surface area (Å²) >= 11 is 2.18. The maximum Gasteiger partial charge on any atom is 0.243 e. The average molecular weight is 456 g/mol. The van der Waals surface area contributed by atoms with Gasteiger partial charge in [0.2, 0.25) is 10.0 Å². The van der Waals surface area contributed by atoms with Crippen molar-refractivity contribution in [2.45, 2.75) is 30.3 Å². The Labute approximate surface area is 157 Å². The summed E-state index contributed by atoms with van der Waals surface area (Å²) in [6, 6.07) is 17.1. The molecule has 24 heavy (non-hydrogen) atoms. The summed E-state index contributed by atoms with van der Waals surface area (Å²) < 4.78 is 28.9. The minimum absolute atomic E-state index is 0.229. The molecule has 1 aliphatic rings. The fraction of sp³-hybridized carbons (Fsp3) is 0.333. The monoisotopic (exact) mass is 456 g/mol. The fourth-order valence-corrected chi connectivity index (χ4v) is 4.78. The first-order valence-electron chi connectivity index (χ1n) is 8.09. The van der Waals surface area contributed by atoms with Gasteiger partial charge in [0, 0.05) is 22.7 Å². The zero-order valence-corrected chi connectivity index (χ0v) is 16.3. The first-order valence-corrected chi connectivity index (χ1v) is 10.6. The van der Waals surface area contributed by atoms with Crippen molar-refractivity contribution in [3.63, 3.8) is 0 Å². The summed E-state index contributed by atoms with van der Waals surface area (Å²) in [6.07, 6.45) is 2.13. The van der Waals surface area contributed by atoms with Crippen molar-refractivity contribution in [2.75, 3.05) is 13.1 Å². The Balaban J connectivity index is 1.88. The molecule has 6 heteroatoms. The average Bonchev–Trinajstić information content (AvgIpc) is 3.09. The standard InChI is InChI=1S/C18H21IN2O2S/c19-16-8-10-18(11-9-16)24(22,23)21(14-17-7-4-12-20-17)13-15-5-2-1-3-6-15/h1-3,5-6,8-11,17,20H,4,7,12-14H2. The Kier molecular flexibility index (Phi) is 5.91. The van der Waals surface area contributed by atoms with E-state index >= 15 is 0 Å². The molecule has 1 heterocycles. The van der Waals surface area contributed by atoms with Crippen molar-refractivity contribution in [3.8, 4) is 0 Å². The molecule has 1 atom stereocenters. The number of nitrogens with zero attached hydrogens (tertiary/aromatic N) is 1. The maximum absolute atomic E-state index is 13.1. The van der Waals surface area contributed by atoms with Crippen molar-refractivity contribution < 1.29 is 8.42 Å². The highest BCUT2D eigenvalue weighted by Gasteiger charge is 2.28. The predicted octanol–water partition coefficient (Wildman–Crippen LogP) is 3.23. The van der Waals surface area contributed by atoms with Gasteiger partial charge in [-0.2, -0.15) is 4.31 Å². The molecule has 1 unspecified atom stereocenters. The van der Waals surface area contributed by atoms with Crippen LogP contribution in [0.25, 0.3) is 0 Å². The van der Waals surface area contributed by atoms with Gasteiger partial charge in [-0.1, -0.05) is 30.3 Å². The van der Waals surface area contributed by atoms with Gasteiger partial charge in [-0.05, 0) is 71.8 Å². The predicted molar refractivity (Wildman–Crippen MR) is 104 cm³/mol. The SMILES string of the molecule is O=S(=O)(c1ccc(I)cc1)N(Cc1ccccc1)CC1CCCN1. The minimum atomic E-state index is -3.51. The molecule has 3 rings (SSSR count). The van der Waals surface area contributed by atoms with E-state index in [-0.39, 0.29) is 6.04 Å². The first kappa shape index (κ1) is 17.8. The van der Waals surface area contributed by atoms with E-state index in [1.54, 1.807) is 16.4 Å². The summed E-state index contributed by atoms with van der Waals surface area (Å²) in [5.41, 5.74) is 1.00. The smallest absolute Gasteiger partial charge is 0.243 e. The van der Waals surface area contributed by atoms with E-state index in [1.165, 1.54) is 0 Å². The maximum atomic E-state index is 13.1. The number of sulfonamides is 1. The molecular formula is C18H21IN2O2S. The number of hydrogen-bond donors (Lipinski definition) is 1. The largest absolute Gasteiger partial charge is 0.313 e. The van der Waals surface area contributed by atoms with Gasteiger partial charge in [-0.15, -0.1) is 0 Å². The van der Waals surface area contributed by atoms with Gasteiger partial charge >= 0.3 is 0 Å². The van der Waals surface area contributed by atoms with Crippen LogP contribution in [0.1, 0.15) is 18.4 Å². The lowest BCUT2D eigenvalue weighted by atomic mass is 10.2. The van der Waals surface area contributed by atoms with Crippen molar-refractivity contribution in [1.29, 1.82) is 0 Å². The molecule has 1 N–H and O–H groups in total.